The average Bonchev–Trinajstić information content (AvgIpc) is 3.05. The van der Waals surface area contributed by atoms with E-state index in [4.69, 9.17) is 9.15 Å². The van der Waals surface area contributed by atoms with Crippen LogP contribution < -0.4 is 10.1 Å². The van der Waals surface area contributed by atoms with Gasteiger partial charge in [-0.05, 0) is 18.2 Å². The fourth-order valence-corrected chi connectivity index (χ4v) is 2.46. The van der Waals surface area contributed by atoms with Crippen LogP contribution in [0, 0.1) is 0 Å². The molecule has 0 bridgehead atoms. The fourth-order valence-electron chi connectivity index (χ4n) is 2.46. The van der Waals surface area contributed by atoms with Gasteiger partial charge in [0.05, 0.1) is 25.7 Å². The zero-order valence-electron chi connectivity index (χ0n) is 12.0. The molecule has 0 spiro atoms. The number of benzene rings is 1. The minimum atomic E-state index is -1.10. The first kappa shape index (κ1) is 14.4. The van der Waals surface area contributed by atoms with Gasteiger partial charge in [0.1, 0.15) is 11.4 Å². The predicted molar refractivity (Wildman–Crippen MR) is 81.2 cm³/mol. The summed E-state index contributed by atoms with van der Waals surface area (Å²) in [4.78, 5) is 11.9. The van der Waals surface area contributed by atoms with Gasteiger partial charge >= 0.3 is 0 Å². The van der Waals surface area contributed by atoms with Gasteiger partial charge in [0, 0.05) is 23.6 Å². The minimum Gasteiger partial charge on any atom is -0.493 e. The lowest BCUT2D eigenvalue weighted by Crippen LogP contribution is -2.43. The molecule has 1 atom stereocenters. The first-order valence-electron chi connectivity index (χ1n) is 7.10. The maximum Gasteiger partial charge on any atom is 0.244 e. The van der Waals surface area contributed by atoms with E-state index in [-0.39, 0.29) is 12.5 Å². The van der Waals surface area contributed by atoms with Crippen LogP contribution in [0.3, 0.4) is 0 Å². The van der Waals surface area contributed by atoms with Crippen LogP contribution >= 0.6 is 0 Å². The Morgan fingerprint density at radius 3 is 3.05 bits per heavy atom. The molecule has 1 aliphatic rings. The van der Waals surface area contributed by atoms with Crippen LogP contribution in [0.4, 0.5) is 0 Å². The van der Waals surface area contributed by atoms with Gasteiger partial charge in [-0.3, -0.25) is 4.79 Å². The third-order valence-electron chi connectivity index (χ3n) is 3.69. The minimum absolute atomic E-state index is 0.141. The van der Waals surface area contributed by atoms with Crippen LogP contribution in [-0.4, -0.2) is 24.2 Å². The molecule has 0 saturated heterocycles. The van der Waals surface area contributed by atoms with Crippen molar-refractivity contribution in [3.63, 3.8) is 0 Å². The highest BCUT2D eigenvalue weighted by atomic mass is 16.5. The van der Waals surface area contributed by atoms with Crippen molar-refractivity contribution in [3.8, 4) is 5.75 Å². The molecule has 1 unspecified atom stereocenters. The van der Waals surface area contributed by atoms with Crippen LogP contribution in [0.5, 0.6) is 5.75 Å². The predicted octanol–water partition coefficient (Wildman–Crippen LogP) is 2.08. The summed E-state index contributed by atoms with van der Waals surface area (Å²) >= 11 is 0. The van der Waals surface area contributed by atoms with Crippen LogP contribution in [0.25, 0.3) is 6.08 Å². The summed E-state index contributed by atoms with van der Waals surface area (Å²) in [7, 11) is 0. The normalized spacial score (nSPS) is 20.4. The summed E-state index contributed by atoms with van der Waals surface area (Å²) in [5.74, 6) is 0.401. The molecule has 0 aliphatic carbocycles. The van der Waals surface area contributed by atoms with Crippen LogP contribution in [0.1, 0.15) is 17.5 Å². The largest absolute Gasteiger partial charge is 0.493 e. The highest BCUT2D eigenvalue weighted by Gasteiger charge is 2.35. The Kier molecular flexibility index (Phi) is 3.98. The topological polar surface area (TPSA) is 71.7 Å². The van der Waals surface area contributed by atoms with E-state index in [0.717, 1.165) is 5.56 Å². The van der Waals surface area contributed by atoms with Gasteiger partial charge < -0.3 is 19.6 Å². The second-order valence-corrected chi connectivity index (χ2v) is 5.23. The quantitative estimate of drug-likeness (QED) is 0.848. The average molecular weight is 299 g/mol. The highest BCUT2D eigenvalue weighted by molar-refractivity contribution is 5.91. The Bertz CT molecular complexity index is 678. The molecule has 1 aliphatic heterocycles. The first-order chi connectivity index (χ1) is 10.7. The Balaban J connectivity index is 1.65. The number of fused-ring (bicyclic) bond motifs is 1. The van der Waals surface area contributed by atoms with Gasteiger partial charge in [0.25, 0.3) is 0 Å². The molecule has 2 aromatic rings. The summed E-state index contributed by atoms with van der Waals surface area (Å²) in [5.41, 5.74) is 0.416. The van der Waals surface area contributed by atoms with Crippen LogP contribution in [0.2, 0.25) is 0 Å². The van der Waals surface area contributed by atoms with Gasteiger partial charge in [-0.15, -0.1) is 0 Å². The van der Waals surface area contributed by atoms with E-state index in [1.165, 1.54) is 6.08 Å². The molecule has 5 heteroatoms. The maximum atomic E-state index is 11.9. The van der Waals surface area contributed by atoms with Crippen molar-refractivity contribution in [3.05, 3.63) is 60.1 Å². The molecule has 2 heterocycles. The van der Waals surface area contributed by atoms with Crippen molar-refractivity contribution in [2.24, 2.45) is 0 Å². The van der Waals surface area contributed by atoms with E-state index in [1.54, 1.807) is 24.7 Å². The molecule has 0 saturated carbocycles. The van der Waals surface area contributed by atoms with E-state index in [9.17, 15) is 9.90 Å². The molecule has 1 aromatic heterocycles. The number of rotatable bonds is 4. The second kappa shape index (κ2) is 6.07. The summed E-state index contributed by atoms with van der Waals surface area (Å²) < 4.78 is 10.4. The Morgan fingerprint density at radius 1 is 1.36 bits per heavy atom. The van der Waals surface area contributed by atoms with Crippen molar-refractivity contribution in [2.45, 2.75) is 12.0 Å². The van der Waals surface area contributed by atoms with Gasteiger partial charge in [-0.25, -0.2) is 0 Å². The van der Waals surface area contributed by atoms with Crippen molar-refractivity contribution < 1.29 is 19.1 Å². The van der Waals surface area contributed by atoms with Crippen LogP contribution in [0.15, 0.2) is 53.4 Å². The van der Waals surface area contributed by atoms with Gasteiger partial charge in [-0.1, -0.05) is 18.2 Å². The van der Waals surface area contributed by atoms with Crippen molar-refractivity contribution >= 4 is 12.0 Å². The smallest absolute Gasteiger partial charge is 0.244 e. The summed E-state index contributed by atoms with van der Waals surface area (Å²) in [6.07, 6.45) is 6.60. The summed E-state index contributed by atoms with van der Waals surface area (Å²) in [6, 6.07) is 9.10. The lowest BCUT2D eigenvalue weighted by atomic mass is 9.88. The number of hydrogen-bond acceptors (Lipinski definition) is 4. The number of carbonyl (C=O) groups excluding carboxylic acids is 1. The number of amides is 1. The standard InChI is InChI=1S/C17H17NO4/c19-16(6-5-13-7-9-21-11-13)18-12-17(20)8-10-22-15-4-2-1-3-14(15)17/h1-7,9,11,20H,8,10,12H2,(H,18,19)/b6-5+. The molecular formula is C17H17NO4. The van der Waals surface area contributed by atoms with E-state index < -0.39 is 5.60 Å². The zero-order chi connectivity index (χ0) is 15.4. The maximum absolute atomic E-state index is 11.9. The molecule has 114 valence electrons. The van der Waals surface area contributed by atoms with E-state index in [0.29, 0.717) is 24.3 Å². The third-order valence-corrected chi connectivity index (χ3v) is 3.69. The number of ether oxygens (including phenoxy) is 1. The Morgan fingerprint density at radius 2 is 2.23 bits per heavy atom. The molecule has 22 heavy (non-hydrogen) atoms. The molecule has 0 fully saturated rings. The number of para-hydroxylation sites is 1. The molecule has 2 N–H and O–H groups in total. The molecule has 5 nitrogen and oxygen atoms in total. The van der Waals surface area contributed by atoms with Gasteiger partial charge in [0.15, 0.2) is 0 Å². The highest BCUT2D eigenvalue weighted by Crippen LogP contribution is 2.36. The van der Waals surface area contributed by atoms with E-state index in [2.05, 4.69) is 5.32 Å². The summed E-state index contributed by atoms with van der Waals surface area (Å²) in [5, 5.41) is 13.5. The summed E-state index contributed by atoms with van der Waals surface area (Å²) in [6.45, 7) is 0.566. The second-order valence-electron chi connectivity index (χ2n) is 5.23. The number of hydrogen-bond donors (Lipinski definition) is 2. The number of carbonyl (C=O) groups is 1. The third kappa shape index (κ3) is 3.04. The molecular weight excluding hydrogens is 282 g/mol. The Labute approximate surface area is 128 Å². The molecule has 3 rings (SSSR count). The van der Waals surface area contributed by atoms with E-state index in [1.807, 2.05) is 24.3 Å². The SMILES string of the molecule is O=C(/C=C/c1ccoc1)NCC1(O)CCOc2ccccc21. The Hall–Kier alpha value is -2.53. The molecule has 1 amide bonds. The van der Waals surface area contributed by atoms with Gasteiger partial charge in [0.2, 0.25) is 5.91 Å². The molecule has 1 aromatic carbocycles. The first-order valence-corrected chi connectivity index (χ1v) is 7.10. The lowest BCUT2D eigenvalue weighted by molar-refractivity contribution is -0.118. The van der Waals surface area contributed by atoms with Gasteiger partial charge in [-0.2, -0.15) is 0 Å². The van der Waals surface area contributed by atoms with Crippen molar-refractivity contribution in [1.29, 1.82) is 0 Å². The number of aliphatic hydroxyl groups is 1. The fraction of sp³-hybridized carbons (Fsp3) is 0.235. The van der Waals surface area contributed by atoms with Crippen molar-refractivity contribution in [2.75, 3.05) is 13.2 Å². The lowest BCUT2D eigenvalue weighted by Gasteiger charge is -2.34. The number of furan rings is 1. The van der Waals surface area contributed by atoms with E-state index >= 15 is 0 Å². The zero-order valence-corrected chi connectivity index (χ0v) is 12.0. The van der Waals surface area contributed by atoms with Crippen LogP contribution in [-0.2, 0) is 10.4 Å². The molecule has 0 radical (unpaired) electrons. The van der Waals surface area contributed by atoms with Crippen molar-refractivity contribution in [1.82, 2.24) is 5.32 Å². The number of nitrogens with one attached hydrogen (secondary N) is 1. The monoisotopic (exact) mass is 299 g/mol.